The number of fused-ring (bicyclic) bond motifs is 3. The summed E-state index contributed by atoms with van der Waals surface area (Å²) in [4.78, 5) is 7.01. The first-order chi connectivity index (χ1) is 7.79. The molecule has 0 fully saturated rings. The van der Waals surface area contributed by atoms with Crippen LogP contribution < -0.4 is 11.2 Å². The van der Waals surface area contributed by atoms with Gasteiger partial charge >= 0.3 is 0 Å². The molecule has 0 bridgehead atoms. The zero-order valence-electron chi connectivity index (χ0n) is 8.49. The summed E-state index contributed by atoms with van der Waals surface area (Å²) in [5, 5.41) is 11.7. The van der Waals surface area contributed by atoms with Gasteiger partial charge in [0, 0.05) is 35.1 Å². The summed E-state index contributed by atoms with van der Waals surface area (Å²) in [7, 11) is 0. The highest BCUT2D eigenvalue weighted by Crippen LogP contribution is 2.24. The Morgan fingerprint density at radius 1 is 1.06 bits per heavy atom. The van der Waals surface area contributed by atoms with E-state index in [2.05, 4.69) is 9.97 Å². The lowest BCUT2D eigenvalue weighted by Crippen LogP contribution is -2.05. The predicted molar refractivity (Wildman–Crippen MR) is 61.7 cm³/mol. The minimum atomic E-state index is 0.269. The van der Waals surface area contributed by atoms with Crippen LogP contribution in [0.2, 0.25) is 0 Å². The highest BCUT2D eigenvalue weighted by Gasteiger charge is 2.08. The molecule has 4 N–H and O–H groups in total. The van der Waals surface area contributed by atoms with Crippen LogP contribution in [0.4, 0.5) is 5.69 Å². The summed E-state index contributed by atoms with van der Waals surface area (Å²) in [6, 6.07) is 5.64. The van der Waals surface area contributed by atoms with Gasteiger partial charge in [0.25, 0.3) is 0 Å². The number of aromatic amines is 1. The van der Waals surface area contributed by atoms with Gasteiger partial charge in [0.15, 0.2) is 5.49 Å². The lowest BCUT2D eigenvalue weighted by Gasteiger charge is -2.03. The van der Waals surface area contributed by atoms with Gasteiger partial charge in [-0.05, 0) is 28.6 Å². The van der Waals surface area contributed by atoms with E-state index in [0.717, 1.165) is 21.2 Å². The van der Waals surface area contributed by atoms with E-state index >= 15 is 0 Å². The fraction of sp³-hybridized carbons (Fsp3) is 0. The second-order valence-electron chi connectivity index (χ2n) is 3.66. The van der Waals surface area contributed by atoms with Gasteiger partial charge in [-0.25, -0.2) is 4.98 Å². The largest absolute Gasteiger partial charge is 0.398 e. The molecule has 1 aliphatic heterocycles. The lowest BCUT2D eigenvalue weighted by molar-refractivity contribution is 1.13. The molecule has 0 unspecified atom stereocenters. The molecule has 0 amide bonds. The Kier molecular flexibility index (Phi) is 1.71. The average Bonchev–Trinajstić information content (AvgIpc) is 2.47. The minimum Gasteiger partial charge on any atom is -0.398 e. The molecule has 4 nitrogen and oxygen atoms in total. The number of rotatable bonds is 0. The maximum absolute atomic E-state index is 7.84. The number of nitrogen functional groups attached to an aromatic ring is 1. The maximum Gasteiger partial charge on any atom is 0.153 e. The Bertz CT molecular complexity index is 788. The predicted octanol–water partition coefficient (Wildman–Crippen LogP) is 1.35. The SMILES string of the molecule is N=c1nccc(N)c2c3cc[nH]ccc=3c12. The molecule has 1 aromatic rings. The van der Waals surface area contributed by atoms with Gasteiger partial charge in [0.1, 0.15) is 0 Å². The van der Waals surface area contributed by atoms with Crippen LogP contribution in [0.5, 0.6) is 0 Å². The molecule has 0 atom stereocenters. The number of nitrogens with one attached hydrogen (secondary N) is 2. The summed E-state index contributed by atoms with van der Waals surface area (Å²) in [6.45, 7) is 0. The van der Waals surface area contributed by atoms with Crippen LogP contribution in [-0.2, 0) is 0 Å². The third-order valence-corrected chi connectivity index (χ3v) is 2.75. The van der Waals surface area contributed by atoms with Crippen LogP contribution in [0.25, 0.3) is 10.8 Å². The van der Waals surface area contributed by atoms with Gasteiger partial charge in [-0.1, -0.05) is 0 Å². The standard InChI is InChI=1S/C12H10N4/c13-9-3-6-16-12(14)11-8-2-5-15-4-1-7(8)10(9)11/h1-6,14-15H,13H2. The van der Waals surface area contributed by atoms with Gasteiger partial charge in [0.2, 0.25) is 0 Å². The summed E-state index contributed by atoms with van der Waals surface area (Å²) in [6.07, 6.45) is 5.26. The van der Waals surface area contributed by atoms with Crippen molar-refractivity contribution < 1.29 is 0 Å². The summed E-state index contributed by atoms with van der Waals surface area (Å²) < 4.78 is 0. The number of hydrogen-bond donors (Lipinski definition) is 3. The highest BCUT2D eigenvalue weighted by molar-refractivity contribution is 5.96. The fourth-order valence-electron chi connectivity index (χ4n) is 2.03. The van der Waals surface area contributed by atoms with Crippen molar-refractivity contribution in [1.29, 1.82) is 5.41 Å². The number of aromatic nitrogens is 2. The molecule has 2 heterocycles. The molecule has 0 radical (unpaired) electrons. The van der Waals surface area contributed by atoms with Gasteiger partial charge in [-0.15, -0.1) is 0 Å². The fourth-order valence-corrected chi connectivity index (χ4v) is 2.03. The number of nitrogens with zero attached hydrogens (tertiary/aromatic N) is 1. The quantitative estimate of drug-likeness (QED) is 0.523. The first-order valence-corrected chi connectivity index (χ1v) is 4.96. The summed E-state index contributed by atoms with van der Waals surface area (Å²) in [5.74, 6) is 0. The second kappa shape index (κ2) is 3.06. The molecule has 0 saturated heterocycles. The van der Waals surface area contributed by atoms with E-state index in [0.29, 0.717) is 5.69 Å². The summed E-state index contributed by atoms with van der Waals surface area (Å²) in [5.41, 5.74) is 6.88. The molecule has 3 rings (SSSR count). The van der Waals surface area contributed by atoms with Crippen molar-refractivity contribution in [2.24, 2.45) is 0 Å². The molecule has 0 spiro atoms. The smallest absolute Gasteiger partial charge is 0.153 e. The van der Waals surface area contributed by atoms with E-state index in [1.54, 1.807) is 12.3 Å². The van der Waals surface area contributed by atoms with E-state index < -0.39 is 0 Å². The van der Waals surface area contributed by atoms with Crippen molar-refractivity contribution in [3.05, 3.63) is 52.7 Å². The van der Waals surface area contributed by atoms with Crippen LogP contribution in [0.1, 0.15) is 0 Å². The Morgan fingerprint density at radius 3 is 2.50 bits per heavy atom. The minimum absolute atomic E-state index is 0.269. The van der Waals surface area contributed by atoms with Crippen molar-refractivity contribution >= 4 is 16.5 Å². The van der Waals surface area contributed by atoms with Crippen LogP contribution in [0.15, 0.2) is 36.8 Å². The molecular weight excluding hydrogens is 200 g/mol. The summed E-state index contributed by atoms with van der Waals surface area (Å²) >= 11 is 0. The van der Waals surface area contributed by atoms with Crippen molar-refractivity contribution in [3.8, 4) is 0 Å². The lowest BCUT2D eigenvalue weighted by atomic mass is 10.0. The number of hydrogen-bond acceptors (Lipinski definition) is 3. The Hall–Kier alpha value is -2.36. The van der Waals surface area contributed by atoms with Crippen LogP contribution >= 0.6 is 0 Å². The topological polar surface area (TPSA) is 78.6 Å². The number of nitrogens with two attached hydrogens (primary N) is 1. The molecule has 1 aliphatic carbocycles. The Balaban J connectivity index is 2.75. The molecule has 1 aromatic heterocycles. The molecule has 16 heavy (non-hydrogen) atoms. The molecule has 2 aliphatic rings. The van der Waals surface area contributed by atoms with Gasteiger partial charge in [-0.3, -0.25) is 5.41 Å². The first kappa shape index (κ1) is 8.91. The zero-order valence-corrected chi connectivity index (χ0v) is 8.49. The van der Waals surface area contributed by atoms with Gasteiger partial charge in [-0.2, -0.15) is 0 Å². The maximum atomic E-state index is 7.84. The Morgan fingerprint density at radius 2 is 1.75 bits per heavy atom. The van der Waals surface area contributed by atoms with E-state index in [9.17, 15) is 0 Å². The third kappa shape index (κ3) is 1.04. The normalized spacial score (nSPS) is 11.0. The molecule has 78 valence electrons. The molecule has 4 heteroatoms. The van der Waals surface area contributed by atoms with Crippen LogP contribution in [-0.4, -0.2) is 9.97 Å². The van der Waals surface area contributed by atoms with Crippen molar-refractivity contribution in [1.82, 2.24) is 9.97 Å². The molecular formula is C12H10N4. The van der Waals surface area contributed by atoms with E-state index in [4.69, 9.17) is 11.1 Å². The third-order valence-electron chi connectivity index (χ3n) is 2.75. The number of H-pyrrole nitrogens is 1. The average molecular weight is 210 g/mol. The van der Waals surface area contributed by atoms with Gasteiger partial charge in [0.05, 0.1) is 0 Å². The monoisotopic (exact) mass is 210 g/mol. The van der Waals surface area contributed by atoms with Gasteiger partial charge < -0.3 is 10.7 Å². The highest BCUT2D eigenvalue weighted by atomic mass is 14.7. The second-order valence-corrected chi connectivity index (χ2v) is 3.66. The van der Waals surface area contributed by atoms with Crippen LogP contribution in [0, 0.1) is 15.8 Å². The van der Waals surface area contributed by atoms with E-state index in [1.807, 2.05) is 24.5 Å². The van der Waals surface area contributed by atoms with Crippen molar-refractivity contribution in [2.75, 3.05) is 5.73 Å². The van der Waals surface area contributed by atoms with Crippen molar-refractivity contribution in [3.63, 3.8) is 0 Å². The first-order valence-electron chi connectivity index (χ1n) is 4.96. The van der Waals surface area contributed by atoms with Crippen LogP contribution in [0.3, 0.4) is 0 Å². The molecule has 0 saturated carbocycles. The van der Waals surface area contributed by atoms with E-state index in [1.165, 1.54) is 0 Å². The van der Waals surface area contributed by atoms with Crippen molar-refractivity contribution in [2.45, 2.75) is 0 Å². The molecule has 0 aromatic carbocycles. The number of anilines is 1. The Labute approximate surface area is 90.9 Å². The zero-order chi connectivity index (χ0) is 11.1. The van der Waals surface area contributed by atoms with E-state index in [-0.39, 0.29) is 5.49 Å².